The molecule has 0 atom stereocenters. The summed E-state index contributed by atoms with van der Waals surface area (Å²) in [6.45, 7) is 6.02. The number of alkyl halides is 3. The number of likely N-dealkylation sites (tertiary alicyclic amines) is 1. The molecule has 0 unspecified atom stereocenters. The molecule has 2 aromatic heterocycles. The van der Waals surface area contributed by atoms with E-state index in [1.165, 1.54) is 12.0 Å². The van der Waals surface area contributed by atoms with Crippen LogP contribution in [0.25, 0.3) is 10.9 Å². The number of hydrogen-bond acceptors (Lipinski definition) is 6. The van der Waals surface area contributed by atoms with Crippen molar-refractivity contribution in [2.45, 2.75) is 52.4 Å². The summed E-state index contributed by atoms with van der Waals surface area (Å²) in [5, 5.41) is 8.27. The number of nitrogens with one attached hydrogen (secondary N) is 2. The van der Waals surface area contributed by atoms with Crippen molar-refractivity contribution in [3.63, 3.8) is 0 Å². The number of anilines is 1. The van der Waals surface area contributed by atoms with Gasteiger partial charge in [0, 0.05) is 55.6 Å². The van der Waals surface area contributed by atoms with Gasteiger partial charge in [-0.2, -0.15) is 18.3 Å². The van der Waals surface area contributed by atoms with Gasteiger partial charge in [-0.25, -0.2) is 0 Å². The Labute approximate surface area is 224 Å². The summed E-state index contributed by atoms with van der Waals surface area (Å²) in [4.78, 5) is 32.3. The van der Waals surface area contributed by atoms with Crippen LogP contribution in [0.15, 0.2) is 23.1 Å². The second kappa shape index (κ2) is 11.3. The maximum atomic E-state index is 13.5. The minimum atomic E-state index is -4.22. The van der Waals surface area contributed by atoms with Gasteiger partial charge in [-0.15, -0.1) is 0 Å². The molecule has 0 radical (unpaired) electrons. The summed E-state index contributed by atoms with van der Waals surface area (Å²) in [5.41, 5.74) is 3.30. The lowest BCUT2D eigenvalue weighted by atomic mass is 9.97. The van der Waals surface area contributed by atoms with Crippen LogP contribution >= 0.6 is 0 Å². The number of hydrogen-bond donors (Lipinski definition) is 2. The number of benzene rings is 1. The Kier molecular flexibility index (Phi) is 8.24. The van der Waals surface area contributed by atoms with Gasteiger partial charge < -0.3 is 19.9 Å². The van der Waals surface area contributed by atoms with Gasteiger partial charge in [0.05, 0.1) is 37.0 Å². The molecule has 0 spiro atoms. The number of aromatic amines is 1. The molecule has 1 aliphatic rings. The quantitative estimate of drug-likeness (QED) is 0.446. The zero-order valence-electron chi connectivity index (χ0n) is 22.9. The monoisotopic (exact) mass is 548 g/mol. The molecule has 0 aliphatic carbocycles. The van der Waals surface area contributed by atoms with Gasteiger partial charge in [0.25, 0.3) is 11.5 Å². The zero-order valence-corrected chi connectivity index (χ0v) is 22.9. The maximum absolute atomic E-state index is 13.5. The number of methoxy groups -OCH3 is 1. The highest BCUT2D eigenvalue weighted by molar-refractivity contribution is 6.05. The lowest BCUT2D eigenvalue weighted by Gasteiger charge is -2.40. The lowest BCUT2D eigenvalue weighted by molar-refractivity contribution is -0.147. The van der Waals surface area contributed by atoms with Gasteiger partial charge in [-0.3, -0.25) is 19.2 Å². The Bertz CT molecular complexity index is 1410. The second-order valence-electron chi connectivity index (χ2n) is 10.1. The standard InChI is InChI=1S/C27H35F3N6O3/c1-6-36(18-7-9-35(10-8-18)15-27(28,29)30)24-17(3)19(12-22-21(24)14-34(4)33-22)25(37)31-13-20-23(39-5)11-16(2)32-26(20)38/h11-12,14,18H,6-10,13,15H2,1-5H3,(H,31,37)(H,32,38). The summed E-state index contributed by atoms with van der Waals surface area (Å²) in [7, 11) is 3.28. The van der Waals surface area contributed by atoms with Crippen molar-refractivity contribution in [1.29, 1.82) is 0 Å². The first-order valence-corrected chi connectivity index (χ1v) is 13.0. The second-order valence-corrected chi connectivity index (χ2v) is 10.1. The Hall–Kier alpha value is -3.54. The molecule has 0 bridgehead atoms. The SMILES string of the molecule is CCN(c1c(C)c(C(=O)NCc2c(OC)cc(C)[nH]c2=O)cc2nn(C)cc12)C1CCN(CC(F)(F)F)CC1. The number of fused-ring (bicyclic) bond motifs is 1. The molecule has 1 aromatic carbocycles. The Morgan fingerprint density at radius 2 is 1.95 bits per heavy atom. The van der Waals surface area contributed by atoms with Crippen molar-refractivity contribution in [3.8, 4) is 5.75 Å². The van der Waals surface area contributed by atoms with Crippen LogP contribution in [0, 0.1) is 13.8 Å². The van der Waals surface area contributed by atoms with Crippen molar-refractivity contribution < 1.29 is 22.7 Å². The molecule has 9 nitrogen and oxygen atoms in total. The number of amides is 1. The van der Waals surface area contributed by atoms with Crippen LogP contribution in [0.4, 0.5) is 18.9 Å². The largest absolute Gasteiger partial charge is 0.496 e. The Morgan fingerprint density at radius 3 is 2.56 bits per heavy atom. The fraction of sp³-hybridized carbons (Fsp3) is 0.519. The summed E-state index contributed by atoms with van der Waals surface area (Å²) in [5.74, 6) is 0.0301. The highest BCUT2D eigenvalue weighted by Gasteiger charge is 2.34. The number of carbonyl (C=O) groups is 1. The number of pyridine rings is 1. The summed E-state index contributed by atoms with van der Waals surface area (Å²) >= 11 is 0. The molecule has 1 fully saturated rings. The topological polar surface area (TPSA) is 95.5 Å². The van der Waals surface area contributed by atoms with E-state index >= 15 is 0 Å². The lowest BCUT2D eigenvalue weighted by Crippen LogP contribution is -2.47. The minimum absolute atomic E-state index is 0.0234. The minimum Gasteiger partial charge on any atom is -0.496 e. The van der Waals surface area contributed by atoms with Crippen molar-refractivity contribution in [2.24, 2.45) is 7.05 Å². The van der Waals surface area contributed by atoms with E-state index in [2.05, 4.69) is 20.3 Å². The van der Waals surface area contributed by atoms with Gasteiger partial charge in [0.15, 0.2) is 0 Å². The van der Waals surface area contributed by atoms with Crippen LogP contribution in [0.1, 0.15) is 46.9 Å². The van der Waals surface area contributed by atoms with Gasteiger partial charge in [-0.05, 0) is 51.3 Å². The highest BCUT2D eigenvalue weighted by atomic mass is 19.4. The number of halogens is 3. The third-order valence-corrected chi connectivity index (χ3v) is 7.30. The Morgan fingerprint density at radius 1 is 1.26 bits per heavy atom. The van der Waals surface area contributed by atoms with Crippen LogP contribution in [-0.4, -0.2) is 71.1 Å². The smallest absolute Gasteiger partial charge is 0.401 e. The third-order valence-electron chi connectivity index (χ3n) is 7.30. The fourth-order valence-corrected chi connectivity index (χ4v) is 5.52. The van der Waals surface area contributed by atoms with E-state index in [1.54, 1.807) is 30.8 Å². The molecular weight excluding hydrogens is 513 g/mol. The molecular formula is C27H35F3N6O3. The molecule has 0 saturated carbocycles. The van der Waals surface area contributed by atoms with Crippen molar-refractivity contribution in [3.05, 3.63) is 51.1 Å². The highest BCUT2D eigenvalue weighted by Crippen LogP contribution is 2.36. The van der Waals surface area contributed by atoms with Crippen LogP contribution < -0.4 is 20.5 Å². The molecule has 1 aliphatic heterocycles. The number of aromatic nitrogens is 3. The summed E-state index contributed by atoms with van der Waals surface area (Å²) in [6, 6.07) is 3.46. The number of piperidine rings is 1. The molecule has 3 aromatic rings. The first-order chi connectivity index (χ1) is 18.4. The number of H-pyrrole nitrogens is 1. The molecule has 39 heavy (non-hydrogen) atoms. The summed E-state index contributed by atoms with van der Waals surface area (Å²) < 4.78 is 45.7. The van der Waals surface area contributed by atoms with Crippen LogP contribution in [0.2, 0.25) is 0 Å². The van der Waals surface area contributed by atoms with Crippen LogP contribution in [-0.2, 0) is 13.6 Å². The van der Waals surface area contributed by atoms with E-state index in [9.17, 15) is 22.8 Å². The maximum Gasteiger partial charge on any atom is 0.401 e. The van der Waals surface area contributed by atoms with E-state index in [0.717, 1.165) is 16.6 Å². The van der Waals surface area contributed by atoms with Gasteiger partial charge >= 0.3 is 6.18 Å². The van der Waals surface area contributed by atoms with E-state index in [-0.39, 0.29) is 24.1 Å². The van der Waals surface area contributed by atoms with E-state index in [0.29, 0.717) is 60.6 Å². The normalized spacial score (nSPS) is 15.1. The molecule has 12 heteroatoms. The third kappa shape index (κ3) is 6.21. The van der Waals surface area contributed by atoms with Gasteiger partial charge in [0.1, 0.15) is 5.75 Å². The van der Waals surface area contributed by atoms with Gasteiger partial charge in [-0.1, -0.05) is 0 Å². The average Bonchev–Trinajstić information content (AvgIpc) is 3.24. The molecule has 1 amide bonds. The predicted molar refractivity (Wildman–Crippen MR) is 144 cm³/mol. The van der Waals surface area contributed by atoms with Crippen molar-refractivity contribution in [1.82, 2.24) is 25.0 Å². The number of rotatable bonds is 8. The predicted octanol–water partition coefficient (Wildman–Crippen LogP) is 3.67. The number of carbonyl (C=O) groups excluding carboxylic acids is 1. The summed E-state index contributed by atoms with van der Waals surface area (Å²) in [6.07, 6.45) is -1.16. The van der Waals surface area contributed by atoms with Gasteiger partial charge in [0.2, 0.25) is 0 Å². The Balaban J connectivity index is 1.64. The van der Waals surface area contributed by atoms with E-state index in [4.69, 9.17) is 4.74 Å². The first kappa shape index (κ1) is 28.5. The molecule has 4 rings (SSSR count). The van der Waals surface area contributed by atoms with Crippen LogP contribution in [0.3, 0.4) is 0 Å². The fourth-order valence-electron chi connectivity index (χ4n) is 5.52. The van der Waals surface area contributed by atoms with E-state index in [1.807, 2.05) is 20.0 Å². The zero-order chi connectivity index (χ0) is 28.5. The number of aryl methyl sites for hydroxylation is 2. The van der Waals surface area contributed by atoms with Crippen molar-refractivity contribution >= 4 is 22.5 Å². The number of ether oxygens (including phenoxy) is 1. The average molecular weight is 549 g/mol. The molecule has 1 saturated heterocycles. The van der Waals surface area contributed by atoms with Crippen LogP contribution in [0.5, 0.6) is 5.75 Å². The first-order valence-electron chi connectivity index (χ1n) is 13.0. The molecule has 212 valence electrons. The van der Waals surface area contributed by atoms with Crippen molar-refractivity contribution in [2.75, 3.05) is 38.2 Å². The van der Waals surface area contributed by atoms with E-state index < -0.39 is 12.7 Å². The molecule has 3 heterocycles. The molecule has 2 N–H and O–H groups in total. The number of nitrogens with zero attached hydrogens (tertiary/aromatic N) is 4.